The van der Waals surface area contributed by atoms with Crippen molar-refractivity contribution in [3.05, 3.63) is 77.6 Å². The van der Waals surface area contributed by atoms with Crippen LogP contribution in [0, 0.1) is 17.1 Å². The molecule has 0 aliphatic rings. The van der Waals surface area contributed by atoms with E-state index in [-0.39, 0.29) is 36.3 Å². The van der Waals surface area contributed by atoms with E-state index < -0.39 is 0 Å². The summed E-state index contributed by atoms with van der Waals surface area (Å²) in [6.45, 7) is 7.34. The first kappa shape index (κ1) is 23.4. The molecule has 2 rings (SSSR count). The fourth-order valence-corrected chi connectivity index (χ4v) is 2.39. The minimum Gasteiger partial charge on any atom is -0.489 e. The molecule has 0 spiro atoms. The molecule has 0 aliphatic heterocycles. The van der Waals surface area contributed by atoms with Crippen molar-refractivity contribution in [2.75, 3.05) is 13.2 Å². The largest absolute Gasteiger partial charge is 0.489 e. The molecule has 0 bridgehead atoms. The topological polar surface area (TPSA) is 69.4 Å². The molecule has 0 saturated carbocycles. The van der Waals surface area contributed by atoms with E-state index in [1.165, 1.54) is 18.2 Å². The van der Waals surface area contributed by atoms with Crippen molar-refractivity contribution in [1.82, 2.24) is 10.6 Å². The first-order valence-electron chi connectivity index (χ1n) is 8.70. The lowest BCUT2D eigenvalue weighted by atomic mass is 10.1. The van der Waals surface area contributed by atoms with Gasteiger partial charge in [-0.05, 0) is 31.2 Å². The molecule has 7 heteroatoms. The molecule has 2 N–H and O–H groups in total. The second kappa shape index (κ2) is 12.7. The summed E-state index contributed by atoms with van der Waals surface area (Å²) in [5.41, 5.74) is 1.76. The van der Waals surface area contributed by atoms with Crippen LogP contribution < -0.4 is 15.4 Å². The van der Waals surface area contributed by atoms with Crippen molar-refractivity contribution in [1.29, 1.82) is 5.26 Å². The standard InChI is InChI=1S/C21H23FN4O.HI/c1-3-11-27-20-8-6-5-7-17(20)14-25-21(24-4-2)26-15-18-12-16(13-23)9-10-19(18)22;/h3,5-10,12H,1,4,11,14-15H2,2H3,(H2,24,25,26);1H. The molecule has 0 saturated heterocycles. The Balaban J connectivity index is 0.00000392. The Bertz CT molecular complexity index is 849. The molecule has 0 heterocycles. The van der Waals surface area contributed by atoms with Gasteiger partial charge in [-0.1, -0.05) is 30.9 Å². The number of para-hydroxylation sites is 1. The average Bonchev–Trinajstić information content (AvgIpc) is 2.70. The molecule has 0 aromatic heterocycles. The van der Waals surface area contributed by atoms with Crippen LogP contribution in [0.15, 0.2) is 60.1 Å². The second-order valence-electron chi connectivity index (χ2n) is 5.67. The summed E-state index contributed by atoms with van der Waals surface area (Å²) in [5, 5.41) is 15.3. The Kier molecular flexibility index (Phi) is 10.7. The molecule has 0 radical (unpaired) electrons. The van der Waals surface area contributed by atoms with Gasteiger partial charge in [0.25, 0.3) is 0 Å². The SMILES string of the molecule is C=CCOc1ccccc1CNC(=NCc1cc(C#N)ccc1F)NCC.I. The number of nitrogens with one attached hydrogen (secondary N) is 2. The highest BCUT2D eigenvalue weighted by molar-refractivity contribution is 14.0. The van der Waals surface area contributed by atoms with Crippen LogP contribution >= 0.6 is 24.0 Å². The molecule has 28 heavy (non-hydrogen) atoms. The predicted octanol–water partition coefficient (Wildman–Crippen LogP) is 4.14. The molecule has 0 unspecified atom stereocenters. The third-order valence-corrected chi connectivity index (χ3v) is 3.70. The number of guanidine groups is 1. The summed E-state index contributed by atoms with van der Waals surface area (Å²) in [7, 11) is 0. The molecular weight excluding hydrogens is 470 g/mol. The van der Waals surface area contributed by atoms with E-state index in [0.29, 0.717) is 36.8 Å². The van der Waals surface area contributed by atoms with Gasteiger partial charge < -0.3 is 15.4 Å². The van der Waals surface area contributed by atoms with E-state index in [4.69, 9.17) is 10.00 Å². The average molecular weight is 494 g/mol. The fourth-order valence-electron chi connectivity index (χ4n) is 2.39. The van der Waals surface area contributed by atoms with E-state index in [9.17, 15) is 4.39 Å². The van der Waals surface area contributed by atoms with Gasteiger partial charge in [-0.15, -0.1) is 24.0 Å². The number of benzene rings is 2. The van der Waals surface area contributed by atoms with Gasteiger partial charge in [-0.2, -0.15) is 5.26 Å². The number of aliphatic imine (C=N–C) groups is 1. The number of hydrogen-bond donors (Lipinski definition) is 2. The van der Waals surface area contributed by atoms with Crippen molar-refractivity contribution in [2.24, 2.45) is 4.99 Å². The summed E-state index contributed by atoms with van der Waals surface area (Å²) in [5.74, 6) is 0.947. The quantitative estimate of drug-likeness (QED) is 0.251. The lowest BCUT2D eigenvalue weighted by molar-refractivity contribution is 0.358. The second-order valence-corrected chi connectivity index (χ2v) is 5.67. The highest BCUT2D eigenvalue weighted by Crippen LogP contribution is 2.17. The fraction of sp³-hybridized carbons (Fsp3) is 0.238. The van der Waals surface area contributed by atoms with Gasteiger partial charge in [0.05, 0.1) is 18.2 Å². The van der Waals surface area contributed by atoms with Crippen molar-refractivity contribution in [3.63, 3.8) is 0 Å². The molecular formula is C21H24FIN4O. The zero-order valence-corrected chi connectivity index (χ0v) is 18.1. The van der Waals surface area contributed by atoms with Crippen molar-refractivity contribution < 1.29 is 9.13 Å². The number of nitrogens with zero attached hydrogens (tertiary/aromatic N) is 2. The molecule has 148 valence electrons. The number of hydrogen-bond acceptors (Lipinski definition) is 3. The predicted molar refractivity (Wildman–Crippen MR) is 120 cm³/mol. The smallest absolute Gasteiger partial charge is 0.191 e. The van der Waals surface area contributed by atoms with Crippen molar-refractivity contribution in [3.8, 4) is 11.8 Å². The van der Waals surface area contributed by atoms with Crippen LogP contribution in [0.1, 0.15) is 23.6 Å². The van der Waals surface area contributed by atoms with Crippen LogP contribution in [0.25, 0.3) is 0 Å². The summed E-state index contributed by atoms with van der Waals surface area (Å²) in [4.78, 5) is 4.41. The molecule has 0 atom stereocenters. The maximum atomic E-state index is 13.9. The van der Waals surface area contributed by atoms with Gasteiger partial charge >= 0.3 is 0 Å². The Hall–Kier alpha value is -2.60. The molecule has 5 nitrogen and oxygen atoms in total. The Morgan fingerprint density at radius 3 is 2.75 bits per heavy atom. The van der Waals surface area contributed by atoms with Crippen LogP contribution in [-0.4, -0.2) is 19.1 Å². The lowest BCUT2D eigenvalue weighted by Gasteiger charge is -2.14. The first-order chi connectivity index (χ1) is 13.2. The summed E-state index contributed by atoms with van der Waals surface area (Å²) >= 11 is 0. The number of nitriles is 1. The molecule has 0 amide bonds. The maximum Gasteiger partial charge on any atom is 0.191 e. The molecule has 0 aliphatic carbocycles. The van der Waals surface area contributed by atoms with Gasteiger partial charge in [0, 0.05) is 24.2 Å². The van der Waals surface area contributed by atoms with E-state index >= 15 is 0 Å². The van der Waals surface area contributed by atoms with Crippen LogP contribution in [0.5, 0.6) is 5.75 Å². The van der Waals surface area contributed by atoms with Crippen LogP contribution in [0.3, 0.4) is 0 Å². The number of rotatable bonds is 8. The van der Waals surface area contributed by atoms with E-state index in [1.54, 1.807) is 6.08 Å². The normalized spacial score (nSPS) is 10.4. The molecule has 0 fully saturated rings. The molecule has 2 aromatic rings. The van der Waals surface area contributed by atoms with Crippen molar-refractivity contribution in [2.45, 2.75) is 20.0 Å². The number of ether oxygens (including phenoxy) is 1. The van der Waals surface area contributed by atoms with Gasteiger partial charge in [-0.3, -0.25) is 0 Å². The third kappa shape index (κ3) is 7.19. The third-order valence-electron chi connectivity index (χ3n) is 3.70. The summed E-state index contributed by atoms with van der Waals surface area (Å²) < 4.78 is 19.6. The van der Waals surface area contributed by atoms with Gasteiger partial charge in [0.2, 0.25) is 0 Å². The minimum atomic E-state index is -0.378. The Morgan fingerprint density at radius 1 is 1.25 bits per heavy atom. The van der Waals surface area contributed by atoms with Crippen LogP contribution in [-0.2, 0) is 13.1 Å². The van der Waals surface area contributed by atoms with Crippen LogP contribution in [0.4, 0.5) is 4.39 Å². The zero-order chi connectivity index (χ0) is 19.5. The Morgan fingerprint density at radius 2 is 2.04 bits per heavy atom. The summed E-state index contributed by atoms with van der Waals surface area (Å²) in [6.07, 6.45) is 1.69. The van der Waals surface area contributed by atoms with Gasteiger partial charge in [-0.25, -0.2) is 9.38 Å². The maximum absolute atomic E-state index is 13.9. The van der Waals surface area contributed by atoms with E-state index in [0.717, 1.165) is 11.3 Å². The van der Waals surface area contributed by atoms with Crippen molar-refractivity contribution >= 4 is 29.9 Å². The van der Waals surface area contributed by atoms with Gasteiger partial charge in [0.1, 0.15) is 18.2 Å². The Labute approximate surface area is 182 Å². The van der Waals surface area contributed by atoms with E-state index in [2.05, 4.69) is 22.2 Å². The highest BCUT2D eigenvalue weighted by atomic mass is 127. The zero-order valence-electron chi connectivity index (χ0n) is 15.7. The lowest BCUT2D eigenvalue weighted by Crippen LogP contribution is -2.36. The van der Waals surface area contributed by atoms with Crippen LogP contribution in [0.2, 0.25) is 0 Å². The first-order valence-corrected chi connectivity index (χ1v) is 8.70. The monoisotopic (exact) mass is 494 g/mol. The van der Waals surface area contributed by atoms with Gasteiger partial charge in [0.15, 0.2) is 5.96 Å². The minimum absolute atomic E-state index is 0. The summed E-state index contributed by atoms with van der Waals surface area (Å²) in [6, 6.07) is 14.0. The highest BCUT2D eigenvalue weighted by Gasteiger charge is 2.06. The van der Waals surface area contributed by atoms with E-state index in [1.807, 2.05) is 37.3 Å². The molecule has 2 aromatic carbocycles. The number of halogens is 2.